The molecule has 2 heterocycles. The molecule has 1 saturated carbocycles. The highest BCUT2D eigenvalue weighted by molar-refractivity contribution is 5.97. The first-order valence-corrected chi connectivity index (χ1v) is 6.90. The number of aromatic nitrogens is 1. The Hall–Kier alpha value is -2.37. The average Bonchev–Trinajstić information content (AvgIpc) is 3.17. The van der Waals surface area contributed by atoms with E-state index >= 15 is 0 Å². The number of fused-ring (bicyclic) bond motifs is 1. The normalized spacial score (nSPS) is 15.9. The number of carboxylic acid groups (broad SMARTS) is 1. The van der Waals surface area contributed by atoms with Gasteiger partial charge < -0.3 is 14.4 Å². The fourth-order valence-corrected chi connectivity index (χ4v) is 2.39. The number of carbonyl (C=O) groups is 2. The molecule has 0 saturated heterocycles. The number of rotatable bonds is 4. The lowest BCUT2D eigenvalue weighted by Crippen LogP contribution is -2.44. The number of carbonyl (C=O) groups excluding carboxylic acids is 1. The summed E-state index contributed by atoms with van der Waals surface area (Å²) < 4.78 is 5.53. The van der Waals surface area contributed by atoms with Crippen LogP contribution in [0.4, 0.5) is 0 Å². The van der Waals surface area contributed by atoms with Crippen molar-refractivity contribution in [1.29, 1.82) is 0 Å². The quantitative estimate of drug-likeness (QED) is 0.932. The van der Waals surface area contributed by atoms with E-state index in [2.05, 4.69) is 4.98 Å². The number of hydrogen-bond acceptors (Lipinski definition) is 4. The molecule has 6 heteroatoms. The zero-order valence-corrected chi connectivity index (χ0v) is 11.9. The zero-order valence-electron chi connectivity index (χ0n) is 11.9. The van der Waals surface area contributed by atoms with Crippen molar-refractivity contribution in [1.82, 2.24) is 9.88 Å². The van der Waals surface area contributed by atoms with Gasteiger partial charge in [0.2, 0.25) is 0 Å². The average molecular weight is 288 g/mol. The maximum Gasteiger partial charge on any atom is 0.326 e. The number of furan rings is 1. The second-order valence-corrected chi connectivity index (χ2v) is 5.40. The van der Waals surface area contributed by atoms with E-state index in [4.69, 9.17) is 9.52 Å². The van der Waals surface area contributed by atoms with Crippen molar-refractivity contribution >= 4 is 23.0 Å². The van der Waals surface area contributed by atoms with E-state index in [1.54, 1.807) is 18.2 Å². The molecular weight excluding hydrogens is 272 g/mol. The monoisotopic (exact) mass is 288 g/mol. The molecule has 6 nitrogen and oxygen atoms in total. The third kappa shape index (κ3) is 2.49. The van der Waals surface area contributed by atoms with Crippen molar-refractivity contribution in [3.8, 4) is 0 Å². The molecule has 1 fully saturated rings. The maximum atomic E-state index is 12.6. The molecule has 1 atom stereocenters. The molecule has 2 aromatic rings. The smallest absolute Gasteiger partial charge is 0.326 e. The van der Waals surface area contributed by atoms with Crippen LogP contribution in [0.25, 0.3) is 11.1 Å². The van der Waals surface area contributed by atoms with Gasteiger partial charge in [0.25, 0.3) is 5.91 Å². The van der Waals surface area contributed by atoms with E-state index < -0.39 is 12.0 Å². The Bertz CT molecular complexity index is 718. The van der Waals surface area contributed by atoms with E-state index in [0.29, 0.717) is 11.1 Å². The van der Waals surface area contributed by atoms with Gasteiger partial charge >= 0.3 is 5.97 Å². The molecule has 2 aromatic heterocycles. The van der Waals surface area contributed by atoms with Crippen LogP contribution in [0.15, 0.2) is 22.6 Å². The number of carboxylic acids is 1. The van der Waals surface area contributed by atoms with Crippen molar-refractivity contribution in [3.63, 3.8) is 0 Å². The summed E-state index contributed by atoms with van der Waals surface area (Å²) in [5.74, 6) is -1.26. The predicted octanol–water partition coefficient (Wildman–Crippen LogP) is 2.21. The van der Waals surface area contributed by atoms with Crippen molar-refractivity contribution in [2.75, 3.05) is 0 Å². The fraction of sp³-hybridized carbons (Fsp3) is 0.400. The van der Waals surface area contributed by atoms with Crippen molar-refractivity contribution in [2.45, 2.75) is 38.8 Å². The van der Waals surface area contributed by atoms with Crippen LogP contribution in [-0.2, 0) is 4.79 Å². The van der Waals surface area contributed by atoms with Crippen LogP contribution in [0.5, 0.6) is 0 Å². The van der Waals surface area contributed by atoms with Gasteiger partial charge in [-0.2, -0.15) is 0 Å². The lowest BCUT2D eigenvalue weighted by Gasteiger charge is -2.25. The first-order valence-electron chi connectivity index (χ1n) is 6.90. The van der Waals surface area contributed by atoms with Gasteiger partial charge in [0.15, 0.2) is 11.3 Å². The summed E-state index contributed by atoms with van der Waals surface area (Å²) in [4.78, 5) is 29.4. The Morgan fingerprint density at radius 3 is 2.76 bits per heavy atom. The maximum absolute atomic E-state index is 12.6. The van der Waals surface area contributed by atoms with Crippen LogP contribution < -0.4 is 0 Å². The van der Waals surface area contributed by atoms with Gasteiger partial charge in [0.1, 0.15) is 11.6 Å². The molecule has 21 heavy (non-hydrogen) atoms. The first kappa shape index (κ1) is 13.6. The summed E-state index contributed by atoms with van der Waals surface area (Å²) in [6, 6.07) is 4.27. The third-order valence-corrected chi connectivity index (χ3v) is 3.67. The van der Waals surface area contributed by atoms with E-state index in [0.717, 1.165) is 18.5 Å². The van der Waals surface area contributed by atoms with Crippen LogP contribution >= 0.6 is 0 Å². The number of amides is 1. The Balaban J connectivity index is 1.95. The van der Waals surface area contributed by atoms with Gasteiger partial charge in [0.05, 0.1) is 0 Å². The molecule has 1 amide bonds. The minimum absolute atomic E-state index is 0.00786. The summed E-state index contributed by atoms with van der Waals surface area (Å²) in [5, 5.41) is 9.16. The number of hydrogen-bond donors (Lipinski definition) is 1. The summed E-state index contributed by atoms with van der Waals surface area (Å²) in [5.41, 5.74) is 1.97. The summed E-state index contributed by atoms with van der Waals surface area (Å²) >= 11 is 0. The molecule has 0 bridgehead atoms. The summed E-state index contributed by atoms with van der Waals surface area (Å²) in [6.45, 7) is 3.38. The molecule has 3 rings (SSSR count). The third-order valence-electron chi connectivity index (χ3n) is 3.67. The highest BCUT2D eigenvalue weighted by Gasteiger charge is 2.39. The van der Waals surface area contributed by atoms with E-state index in [1.807, 2.05) is 6.92 Å². The minimum atomic E-state index is -1.01. The van der Waals surface area contributed by atoms with Crippen molar-refractivity contribution in [3.05, 3.63) is 29.7 Å². The molecule has 1 aliphatic rings. The van der Waals surface area contributed by atoms with Crippen LogP contribution in [0.3, 0.4) is 0 Å². The van der Waals surface area contributed by atoms with Gasteiger partial charge in [-0.05, 0) is 38.8 Å². The van der Waals surface area contributed by atoms with E-state index in [9.17, 15) is 9.59 Å². The topological polar surface area (TPSA) is 83.6 Å². The second kappa shape index (κ2) is 4.87. The van der Waals surface area contributed by atoms with Crippen LogP contribution in [0.2, 0.25) is 0 Å². The SMILES string of the molecule is Cc1ccc2oc(C(=O)N(C3CC3)C(C)C(=O)O)cc2n1. The lowest BCUT2D eigenvalue weighted by atomic mass is 10.2. The van der Waals surface area contributed by atoms with Crippen LogP contribution in [0, 0.1) is 6.92 Å². The molecule has 0 radical (unpaired) electrons. The first-order chi connectivity index (χ1) is 9.97. The fourth-order valence-electron chi connectivity index (χ4n) is 2.39. The molecule has 1 N–H and O–H groups in total. The van der Waals surface area contributed by atoms with Gasteiger partial charge in [-0.25, -0.2) is 9.78 Å². The molecular formula is C15H16N2O4. The van der Waals surface area contributed by atoms with Crippen molar-refractivity contribution in [2.24, 2.45) is 0 Å². The Morgan fingerprint density at radius 2 is 2.14 bits per heavy atom. The standard InChI is InChI=1S/C15H16N2O4/c1-8-3-6-12-11(16-8)7-13(21-12)14(18)17(10-4-5-10)9(2)15(19)20/h3,6-7,9-10H,4-5H2,1-2H3,(H,19,20). The minimum Gasteiger partial charge on any atom is -0.480 e. The summed E-state index contributed by atoms with van der Waals surface area (Å²) in [7, 11) is 0. The lowest BCUT2D eigenvalue weighted by molar-refractivity contribution is -0.141. The van der Waals surface area contributed by atoms with Gasteiger partial charge in [0, 0.05) is 17.8 Å². The van der Waals surface area contributed by atoms with Gasteiger partial charge in [-0.15, -0.1) is 0 Å². The van der Waals surface area contributed by atoms with Crippen LogP contribution in [0.1, 0.15) is 36.0 Å². The Labute approximate surface area is 121 Å². The van der Waals surface area contributed by atoms with E-state index in [1.165, 1.54) is 11.8 Å². The van der Waals surface area contributed by atoms with Crippen molar-refractivity contribution < 1.29 is 19.1 Å². The summed E-state index contributed by atoms with van der Waals surface area (Å²) in [6.07, 6.45) is 1.67. The largest absolute Gasteiger partial charge is 0.480 e. The highest BCUT2D eigenvalue weighted by Crippen LogP contribution is 2.31. The number of aryl methyl sites for hydroxylation is 1. The molecule has 110 valence electrons. The molecule has 0 aliphatic heterocycles. The molecule has 0 spiro atoms. The molecule has 0 aromatic carbocycles. The number of nitrogens with zero attached hydrogens (tertiary/aromatic N) is 2. The number of pyridine rings is 1. The number of aliphatic carboxylic acids is 1. The highest BCUT2D eigenvalue weighted by atomic mass is 16.4. The van der Waals surface area contributed by atoms with Crippen LogP contribution in [-0.4, -0.2) is 39.0 Å². The van der Waals surface area contributed by atoms with Gasteiger partial charge in [-0.1, -0.05) is 0 Å². The second-order valence-electron chi connectivity index (χ2n) is 5.40. The Kier molecular flexibility index (Phi) is 3.16. The predicted molar refractivity (Wildman–Crippen MR) is 75.0 cm³/mol. The molecule has 1 aliphatic carbocycles. The van der Waals surface area contributed by atoms with Gasteiger partial charge in [-0.3, -0.25) is 4.79 Å². The Morgan fingerprint density at radius 1 is 1.43 bits per heavy atom. The van der Waals surface area contributed by atoms with E-state index in [-0.39, 0.29) is 17.7 Å². The zero-order chi connectivity index (χ0) is 15.1. The molecule has 1 unspecified atom stereocenters.